The van der Waals surface area contributed by atoms with E-state index in [0.717, 1.165) is 11.4 Å². The largest absolute Gasteiger partial charge is 0.491 e. The third-order valence-corrected chi connectivity index (χ3v) is 4.33. The summed E-state index contributed by atoms with van der Waals surface area (Å²) in [7, 11) is 1.62. The second kappa shape index (κ2) is 12.9. The molecular weight excluding hydrogens is 408 g/mol. The van der Waals surface area contributed by atoms with Gasteiger partial charge in [-0.1, -0.05) is 30.3 Å². The van der Waals surface area contributed by atoms with Crippen LogP contribution in [0.2, 0.25) is 0 Å². The second-order valence-electron chi connectivity index (χ2n) is 6.81. The number of para-hydroxylation sites is 1. The molecule has 0 aromatic heterocycles. The van der Waals surface area contributed by atoms with Crippen LogP contribution in [-0.2, 0) is 9.53 Å². The molecule has 0 spiro atoms. The van der Waals surface area contributed by atoms with Crippen molar-refractivity contribution in [2.24, 2.45) is 0 Å². The summed E-state index contributed by atoms with van der Waals surface area (Å²) in [5, 5.41) is 5.96. The van der Waals surface area contributed by atoms with Crippen molar-refractivity contribution >= 4 is 17.3 Å². The van der Waals surface area contributed by atoms with Crippen LogP contribution in [0.4, 0.5) is 11.4 Å². The molecule has 0 bridgehead atoms. The Balaban J connectivity index is 1.40. The number of amides is 1. The van der Waals surface area contributed by atoms with E-state index in [1.54, 1.807) is 13.2 Å². The molecule has 7 nitrogen and oxygen atoms in total. The van der Waals surface area contributed by atoms with Crippen molar-refractivity contribution in [3.8, 4) is 17.2 Å². The Hall–Kier alpha value is -3.71. The maximum Gasteiger partial charge on any atom is 0.243 e. The van der Waals surface area contributed by atoms with Crippen LogP contribution in [0, 0.1) is 0 Å². The highest BCUT2D eigenvalue weighted by Gasteiger charge is 2.05. The highest BCUT2D eigenvalue weighted by atomic mass is 16.5. The molecule has 0 unspecified atom stereocenters. The van der Waals surface area contributed by atoms with Gasteiger partial charge in [0.25, 0.3) is 0 Å². The summed E-state index contributed by atoms with van der Waals surface area (Å²) >= 11 is 0. The van der Waals surface area contributed by atoms with Crippen LogP contribution in [0.3, 0.4) is 0 Å². The molecule has 0 atom stereocenters. The van der Waals surface area contributed by atoms with Gasteiger partial charge in [0.05, 0.1) is 13.2 Å². The monoisotopic (exact) mass is 436 g/mol. The summed E-state index contributed by atoms with van der Waals surface area (Å²) in [6.07, 6.45) is 0. The average molecular weight is 437 g/mol. The number of carbonyl (C=O) groups excluding carboxylic acids is 1. The molecule has 3 rings (SSSR count). The van der Waals surface area contributed by atoms with Gasteiger partial charge in [-0.25, -0.2) is 0 Å². The van der Waals surface area contributed by atoms with Gasteiger partial charge in [0.15, 0.2) is 0 Å². The molecule has 0 aliphatic rings. The SMILES string of the molecule is COCCOc1cccc(NC(=O)CNc2cccc(OCCOc3ccccc3)c2)c1. The smallest absolute Gasteiger partial charge is 0.243 e. The number of nitrogens with one attached hydrogen (secondary N) is 2. The van der Waals surface area contributed by atoms with Gasteiger partial charge >= 0.3 is 0 Å². The zero-order valence-electron chi connectivity index (χ0n) is 18.1. The van der Waals surface area contributed by atoms with Crippen molar-refractivity contribution < 1.29 is 23.7 Å². The predicted octanol–water partition coefficient (Wildman–Crippen LogP) is 4.22. The van der Waals surface area contributed by atoms with Crippen molar-refractivity contribution in [1.82, 2.24) is 0 Å². The van der Waals surface area contributed by atoms with Crippen LogP contribution in [0.1, 0.15) is 0 Å². The molecule has 0 saturated carbocycles. The number of anilines is 2. The van der Waals surface area contributed by atoms with Crippen LogP contribution < -0.4 is 24.8 Å². The Morgan fingerprint density at radius 2 is 1.25 bits per heavy atom. The molecule has 3 aromatic rings. The summed E-state index contributed by atoms with van der Waals surface area (Å²) in [6, 6.07) is 24.3. The minimum atomic E-state index is -0.165. The molecule has 7 heteroatoms. The molecule has 2 N–H and O–H groups in total. The number of ether oxygens (including phenoxy) is 4. The minimum absolute atomic E-state index is 0.120. The Kier molecular flexibility index (Phi) is 9.23. The van der Waals surface area contributed by atoms with Crippen LogP contribution in [0.15, 0.2) is 78.9 Å². The van der Waals surface area contributed by atoms with E-state index >= 15 is 0 Å². The van der Waals surface area contributed by atoms with Crippen molar-refractivity contribution in [1.29, 1.82) is 0 Å². The molecular formula is C25H28N2O5. The standard InChI is InChI=1S/C25H28N2O5/c1-29-13-14-31-24-12-6-8-21(18-24)27-25(28)19-26-20-7-5-11-23(17-20)32-16-15-30-22-9-3-2-4-10-22/h2-12,17-18,26H,13-16,19H2,1H3,(H,27,28). The molecule has 0 aliphatic carbocycles. The van der Waals surface area contributed by atoms with E-state index in [1.165, 1.54) is 0 Å². The van der Waals surface area contributed by atoms with E-state index < -0.39 is 0 Å². The van der Waals surface area contributed by atoms with Crippen molar-refractivity contribution in [3.63, 3.8) is 0 Å². The van der Waals surface area contributed by atoms with Crippen LogP contribution in [0.5, 0.6) is 17.2 Å². The first-order valence-electron chi connectivity index (χ1n) is 10.4. The summed E-state index contributed by atoms with van der Waals surface area (Å²) in [5.74, 6) is 2.02. The first-order chi connectivity index (χ1) is 15.7. The first-order valence-corrected chi connectivity index (χ1v) is 10.4. The maximum atomic E-state index is 12.3. The molecule has 3 aromatic carbocycles. The normalized spacial score (nSPS) is 10.3. The van der Waals surface area contributed by atoms with E-state index in [9.17, 15) is 4.79 Å². The van der Waals surface area contributed by atoms with Crippen molar-refractivity contribution in [3.05, 3.63) is 78.9 Å². The van der Waals surface area contributed by atoms with Crippen LogP contribution >= 0.6 is 0 Å². The second-order valence-corrected chi connectivity index (χ2v) is 6.81. The lowest BCUT2D eigenvalue weighted by atomic mass is 10.3. The van der Waals surface area contributed by atoms with Gasteiger partial charge in [0, 0.05) is 30.6 Å². The zero-order chi connectivity index (χ0) is 22.4. The summed E-state index contributed by atoms with van der Waals surface area (Å²) in [5.41, 5.74) is 1.46. The Labute approximate surface area is 188 Å². The molecule has 0 aliphatic heterocycles. The number of rotatable bonds is 13. The summed E-state index contributed by atoms with van der Waals surface area (Å²) in [4.78, 5) is 12.3. The fourth-order valence-corrected chi connectivity index (χ4v) is 2.83. The van der Waals surface area contributed by atoms with Gasteiger partial charge in [-0.05, 0) is 36.4 Å². The van der Waals surface area contributed by atoms with Gasteiger partial charge in [0.2, 0.25) is 5.91 Å². The topological polar surface area (TPSA) is 78.1 Å². The van der Waals surface area contributed by atoms with Crippen LogP contribution in [-0.4, -0.2) is 46.0 Å². The van der Waals surface area contributed by atoms with Crippen molar-refractivity contribution in [2.75, 3.05) is 50.7 Å². The van der Waals surface area contributed by atoms with Gasteiger partial charge in [-0.2, -0.15) is 0 Å². The van der Waals surface area contributed by atoms with E-state index in [4.69, 9.17) is 18.9 Å². The number of hydrogen-bond donors (Lipinski definition) is 2. The van der Waals surface area contributed by atoms with E-state index in [2.05, 4.69) is 10.6 Å². The summed E-state index contributed by atoms with van der Waals surface area (Å²) in [6.45, 7) is 1.94. The third-order valence-electron chi connectivity index (χ3n) is 4.33. The minimum Gasteiger partial charge on any atom is -0.491 e. The van der Waals surface area contributed by atoms with E-state index in [0.29, 0.717) is 43.6 Å². The van der Waals surface area contributed by atoms with Gasteiger partial charge in [-0.15, -0.1) is 0 Å². The fraction of sp³-hybridized carbons (Fsp3) is 0.240. The number of methoxy groups -OCH3 is 1. The fourth-order valence-electron chi connectivity index (χ4n) is 2.83. The Morgan fingerprint density at radius 1 is 0.688 bits per heavy atom. The molecule has 0 radical (unpaired) electrons. The van der Waals surface area contributed by atoms with Crippen LogP contribution in [0.25, 0.3) is 0 Å². The maximum absolute atomic E-state index is 12.3. The average Bonchev–Trinajstić information content (AvgIpc) is 2.82. The van der Waals surface area contributed by atoms with Gasteiger partial charge in [0.1, 0.15) is 37.1 Å². The predicted molar refractivity (Wildman–Crippen MR) is 125 cm³/mol. The van der Waals surface area contributed by atoms with Gasteiger partial charge in [-0.3, -0.25) is 4.79 Å². The third kappa shape index (κ3) is 8.20. The lowest BCUT2D eigenvalue weighted by Gasteiger charge is -2.11. The zero-order valence-corrected chi connectivity index (χ0v) is 18.1. The number of carbonyl (C=O) groups is 1. The molecule has 0 saturated heterocycles. The lowest BCUT2D eigenvalue weighted by Crippen LogP contribution is -2.21. The number of hydrogen-bond acceptors (Lipinski definition) is 6. The Bertz CT molecular complexity index is 965. The Morgan fingerprint density at radius 3 is 1.94 bits per heavy atom. The highest BCUT2D eigenvalue weighted by Crippen LogP contribution is 2.19. The van der Waals surface area contributed by atoms with E-state index in [1.807, 2.05) is 72.8 Å². The quantitative estimate of drug-likeness (QED) is 0.391. The van der Waals surface area contributed by atoms with Gasteiger partial charge < -0.3 is 29.6 Å². The first kappa shape index (κ1) is 23.0. The molecule has 0 fully saturated rings. The molecule has 168 valence electrons. The summed E-state index contributed by atoms with van der Waals surface area (Å²) < 4.78 is 21.9. The number of benzene rings is 3. The molecule has 32 heavy (non-hydrogen) atoms. The molecule has 0 heterocycles. The van der Waals surface area contributed by atoms with E-state index in [-0.39, 0.29) is 12.5 Å². The van der Waals surface area contributed by atoms with Crippen molar-refractivity contribution in [2.45, 2.75) is 0 Å². The lowest BCUT2D eigenvalue weighted by molar-refractivity contribution is -0.114. The molecule has 1 amide bonds. The highest BCUT2D eigenvalue weighted by molar-refractivity contribution is 5.93.